The van der Waals surface area contributed by atoms with Gasteiger partial charge in [0.05, 0.1) is 15.7 Å². The number of aromatic nitrogens is 2. The van der Waals surface area contributed by atoms with Gasteiger partial charge in [-0.25, -0.2) is 9.97 Å². The number of amides is 1. The van der Waals surface area contributed by atoms with Gasteiger partial charge in [0.1, 0.15) is 5.15 Å². The minimum Gasteiger partial charge on any atom is -0.305 e. The average molecular weight is 317 g/mol. The van der Waals surface area contributed by atoms with Crippen molar-refractivity contribution in [2.24, 2.45) is 0 Å². The molecule has 98 valence electrons. The number of nitrogens with zero attached hydrogens (tertiary/aromatic N) is 2. The SMILES string of the molecule is Cc1nc(NC(=O)c2ccnc(Cl)c2)c(Cl)cc1Cl. The van der Waals surface area contributed by atoms with E-state index in [1.54, 1.807) is 6.92 Å². The highest BCUT2D eigenvalue weighted by Crippen LogP contribution is 2.26. The summed E-state index contributed by atoms with van der Waals surface area (Å²) < 4.78 is 0. The third-order valence-electron chi connectivity index (χ3n) is 2.33. The van der Waals surface area contributed by atoms with Gasteiger partial charge in [0.2, 0.25) is 0 Å². The quantitative estimate of drug-likeness (QED) is 0.852. The Morgan fingerprint density at radius 3 is 2.63 bits per heavy atom. The van der Waals surface area contributed by atoms with E-state index in [1.807, 2.05) is 0 Å². The minimum absolute atomic E-state index is 0.235. The Bertz CT molecular complexity index is 646. The molecule has 1 amide bonds. The highest BCUT2D eigenvalue weighted by Gasteiger charge is 2.12. The molecule has 0 fully saturated rings. The summed E-state index contributed by atoms with van der Waals surface area (Å²) in [5, 5.41) is 3.54. The fourth-order valence-corrected chi connectivity index (χ4v) is 1.95. The lowest BCUT2D eigenvalue weighted by Gasteiger charge is -2.08. The number of carbonyl (C=O) groups is 1. The number of aryl methyl sites for hydroxylation is 1. The third kappa shape index (κ3) is 3.35. The molecule has 0 aromatic carbocycles. The van der Waals surface area contributed by atoms with E-state index in [0.29, 0.717) is 16.3 Å². The normalized spacial score (nSPS) is 10.3. The molecule has 19 heavy (non-hydrogen) atoms. The van der Waals surface area contributed by atoms with Crippen molar-refractivity contribution in [1.82, 2.24) is 9.97 Å². The molecule has 2 heterocycles. The van der Waals surface area contributed by atoms with Crippen LogP contribution in [-0.2, 0) is 0 Å². The van der Waals surface area contributed by atoms with E-state index in [4.69, 9.17) is 34.8 Å². The number of hydrogen-bond acceptors (Lipinski definition) is 3. The number of anilines is 1. The molecule has 0 aliphatic rings. The van der Waals surface area contributed by atoms with Gasteiger partial charge in [0, 0.05) is 11.8 Å². The summed E-state index contributed by atoms with van der Waals surface area (Å²) in [5.41, 5.74) is 0.944. The summed E-state index contributed by atoms with van der Waals surface area (Å²) in [4.78, 5) is 19.9. The van der Waals surface area contributed by atoms with Gasteiger partial charge < -0.3 is 5.32 Å². The number of rotatable bonds is 2. The fraction of sp³-hybridized carbons (Fsp3) is 0.0833. The molecule has 0 saturated heterocycles. The Kier molecular flexibility index (Phi) is 4.24. The monoisotopic (exact) mass is 315 g/mol. The lowest BCUT2D eigenvalue weighted by atomic mass is 10.2. The van der Waals surface area contributed by atoms with Crippen LogP contribution in [0.5, 0.6) is 0 Å². The Morgan fingerprint density at radius 2 is 1.95 bits per heavy atom. The molecule has 2 aromatic rings. The summed E-state index contributed by atoms with van der Waals surface area (Å²) in [6.45, 7) is 1.72. The van der Waals surface area contributed by atoms with Crippen molar-refractivity contribution < 1.29 is 4.79 Å². The van der Waals surface area contributed by atoms with E-state index in [0.717, 1.165) is 0 Å². The van der Waals surface area contributed by atoms with Crippen LogP contribution < -0.4 is 5.32 Å². The zero-order valence-corrected chi connectivity index (χ0v) is 12.0. The van der Waals surface area contributed by atoms with Crippen molar-refractivity contribution >= 4 is 46.5 Å². The van der Waals surface area contributed by atoms with Crippen molar-refractivity contribution in [2.45, 2.75) is 6.92 Å². The molecule has 0 aliphatic heterocycles. The first-order chi connectivity index (χ1) is 8.97. The Hall–Kier alpha value is -1.36. The molecule has 0 aliphatic carbocycles. The van der Waals surface area contributed by atoms with Crippen LogP contribution in [0, 0.1) is 6.92 Å². The van der Waals surface area contributed by atoms with Crippen LogP contribution >= 0.6 is 34.8 Å². The van der Waals surface area contributed by atoms with Gasteiger partial charge in [-0.15, -0.1) is 0 Å². The maximum atomic E-state index is 12.0. The Balaban J connectivity index is 2.27. The molecular weight excluding hydrogens is 309 g/mol. The third-order valence-corrected chi connectivity index (χ3v) is 3.20. The molecule has 0 atom stereocenters. The Morgan fingerprint density at radius 1 is 1.21 bits per heavy atom. The predicted molar refractivity (Wildman–Crippen MR) is 76.2 cm³/mol. The molecule has 1 N–H and O–H groups in total. The Labute approximate surface area is 124 Å². The molecule has 0 unspecified atom stereocenters. The van der Waals surface area contributed by atoms with E-state index >= 15 is 0 Å². The van der Waals surface area contributed by atoms with E-state index in [9.17, 15) is 4.79 Å². The summed E-state index contributed by atoms with van der Waals surface area (Å²) in [6.07, 6.45) is 1.44. The summed E-state index contributed by atoms with van der Waals surface area (Å²) >= 11 is 17.6. The van der Waals surface area contributed by atoms with Crippen LogP contribution in [0.25, 0.3) is 0 Å². The van der Waals surface area contributed by atoms with Crippen molar-refractivity contribution in [1.29, 1.82) is 0 Å². The summed E-state index contributed by atoms with van der Waals surface area (Å²) in [7, 11) is 0. The van der Waals surface area contributed by atoms with Crippen LogP contribution in [0.1, 0.15) is 16.1 Å². The van der Waals surface area contributed by atoms with Gasteiger partial charge >= 0.3 is 0 Å². The standard InChI is InChI=1S/C12H8Cl3N3O/c1-6-8(13)5-9(14)11(17-6)18-12(19)7-2-3-16-10(15)4-7/h2-5H,1H3,(H,17,18,19). The van der Waals surface area contributed by atoms with Gasteiger partial charge in [0.15, 0.2) is 5.82 Å². The van der Waals surface area contributed by atoms with Crippen molar-refractivity contribution in [3.63, 3.8) is 0 Å². The van der Waals surface area contributed by atoms with Gasteiger partial charge in [-0.3, -0.25) is 4.79 Å². The zero-order valence-electron chi connectivity index (χ0n) is 9.75. The molecule has 2 aromatic heterocycles. The predicted octanol–water partition coefficient (Wildman–Crippen LogP) is 4.00. The first kappa shape index (κ1) is 14.1. The molecule has 0 bridgehead atoms. The second-order valence-corrected chi connectivity index (χ2v) is 4.91. The van der Waals surface area contributed by atoms with Crippen molar-refractivity contribution in [3.05, 3.63) is 50.9 Å². The smallest absolute Gasteiger partial charge is 0.257 e. The van der Waals surface area contributed by atoms with Crippen molar-refractivity contribution in [3.8, 4) is 0 Å². The highest BCUT2D eigenvalue weighted by molar-refractivity contribution is 6.36. The molecule has 2 rings (SSSR count). The highest BCUT2D eigenvalue weighted by atomic mass is 35.5. The first-order valence-electron chi connectivity index (χ1n) is 5.23. The van der Waals surface area contributed by atoms with Crippen LogP contribution in [0.3, 0.4) is 0 Å². The lowest BCUT2D eigenvalue weighted by Crippen LogP contribution is -2.13. The number of hydrogen-bond donors (Lipinski definition) is 1. The van der Waals surface area contributed by atoms with Crippen LogP contribution in [0.15, 0.2) is 24.4 Å². The fourth-order valence-electron chi connectivity index (χ4n) is 1.37. The molecule has 0 spiro atoms. The molecule has 0 radical (unpaired) electrons. The minimum atomic E-state index is -0.375. The van der Waals surface area contributed by atoms with E-state index < -0.39 is 0 Å². The topological polar surface area (TPSA) is 54.9 Å². The van der Waals surface area contributed by atoms with Crippen molar-refractivity contribution in [2.75, 3.05) is 5.32 Å². The van der Waals surface area contributed by atoms with E-state index in [-0.39, 0.29) is 21.9 Å². The van der Waals surface area contributed by atoms with E-state index in [1.165, 1.54) is 24.4 Å². The number of pyridine rings is 2. The maximum Gasteiger partial charge on any atom is 0.257 e. The molecule has 0 saturated carbocycles. The first-order valence-corrected chi connectivity index (χ1v) is 6.36. The zero-order chi connectivity index (χ0) is 14.0. The summed E-state index contributed by atoms with van der Waals surface area (Å²) in [6, 6.07) is 4.52. The number of halogens is 3. The van der Waals surface area contributed by atoms with Crippen LogP contribution in [0.2, 0.25) is 15.2 Å². The van der Waals surface area contributed by atoms with Gasteiger partial charge in [-0.1, -0.05) is 34.8 Å². The molecular formula is C12H8Cl3N3O. The second kappa shape index (κ2) is 5.74. The van der Waals surface area contributed by atoms with E-state index in [2.05, 4.69) is 15.3 Å². The number of nitrogens with one attached hydrogen (secondary N) is 1. The van der Waals surface area contributed by atoms with Gasteiger partial charge in [-0.05, 0) is 25.1 Å². The lowest BCUT2D eigenvalue weighted by molar-refractivity contribution is 0.102. The maximum absolute atomic E-state index is 12.0. The summed E-state index contributed by atoms with van der Waals surface area (Å²) in [5.74, 6) is -0.123. The second-order valence-electron chi connectivity index (χ2n) is 3.71. The molecule has 4 nitrogen and oxygen atoms in total. The molecule has 7 heteroatoms. The number of carbonyl (C=O) groups excluding carboxylic acids is 1. The average Bonchev–Trinajstić information content (AvgIpc) is 2.36. The van der Waals surface area contributed by atoms with Gasteiger partial charge in [-0.2, -0.15) is 0 Å². The van der Waals surface area contributed by atoms with Gasteiger partial charge in [0.25, 0.3) is 5.91 Å². The van der Waals surface area contributed by atoms with Crippen LogP contribution in [0.4, 0.5) is 5.82 Å². The largest absolute Gasteiger partial charge is 0.305 e. The van der Waals surface area contributed by atoms with Crippen LogP contribution in [-0.4, -0.2) is 15.9 Å².